The second-order valence-corrected chi connectivity index (χ2v) is 5.46. The van der Waals surface area contributed by atoms with Gasteiger partial charge < -0.3 is 19.1 Å². The van der Waals surface area contributed by atoms with Crippen LogP contribution in [0.1, 0.15) is 0 Å². The minimum atomic E-state index is -0.780. The minimum Gasteiger partial charge on any atom is -0.466 e. The maximum absolute atomic E-state index is 12.2. The van der Waals surface area contributed by atoms with Gasteiger partial charge in [-0.25, -0.2) is 9.59 Å². The van der Waals surface area contributed by atoms with E-state index in [2.05, 4.69) is 20.7 Å². The molecule has 0 aromatic heterocycles. The molecule has 1 aliphatic heterocycles. The molecule has 10 heteroatoms. The zero-order chi connectivity index (χ0) is 17.9. The molecule has 128 valence electrons. The lowest BCUT2D eigenvalue weighted by molar-refractivity contribution is -0.384. The molecule has 0 N–H and O–H groups in total. The molecule has 0 radical (unpaired) electrons. The number of ether oxygens (including phenoxy) is 3. The standard InChI is InChI=1S/C14H13BrN2O7/c1-22-13(18)9-6-24-7-16(12(9)14(19)23-2)11-5-8(17(20)21)3-4-10(11)15/h3-5H,6-7H2,1-2H3. The molecule has 1 heterocycles. The fraction of sp³-hybridized carbons (Fsp3) is 0.286. The number of nitro benzene ring substituents is 1. The summed E-state index contributed by atoms with van der Waals surface area (Å²) >= 11 is 3.28. The van der Waals surface area contributed by atoms with Gasteiger partial charge in [0.1, 0.15) is 12.4 Å². The van der Waals surface area contributed by atoms with Crippen molar-refractivity contribution in [2.75, 3.05) is 32.5 Å². The Bertz CT molecular complexity index is 732. The smallest absolute Gasteiger partial charge is 0.355 e. The Morgan fingerprint density at radius 3 is 2.54 bits per heavy atom. The lowest BCUT2D eigenvalue weighted by Crippen LogP contribution is -2.39. The van der Waals surface area contributed by atoms with Crippen molar-refractivity contribution in [1.82, 2.24) is 0 Å². The second-order valence-electron chi connectivity index (χ2n) is 4.61. The average Bonchev–Trinajstić information content (AvgIpc) is 2.59. The van der Waals surface area contributed by atoms with E-state index in [0.717, 1.165) is 0 Å². The molecule has 0 amide bonds. The van der Waals surface area contributed by atoms with Crippen molar-refractivity contribution in [2.24, 2.45) is 0 Å². The molecule has 9 nitrogen and oxygen atoms in total. The third-order valence-corrected chi connectivity index (χ3v) is 3.93. The largest absolute Gasteiger partial charge is 0.466 e. The molecule has 0 aliphatic carbocycles. The van der Waals surface area contributed by atoms with E-state index in [1.54, 1.807) is 0 Å². The number of non-ortho nitro benzene ring substituents is 1. The number of hydrogen-bond donors (Lipinski definition) is 0. The van der Waals surface area contributed by atoms with Crippen LogP contribution in [-0.2, 0) is 23.8 Å². The lowest BCUT2D eigenvalue weighted by atomic mass is 10.1. The van der Waals surface area contributed by atoms with Gasteiger partial charge in [0.05, 0.1) is 37.0 Å². The van der Waals surface area contributed by atoms with E-state index in [0.29, 0.717) is 4.47 Å². The molecule has 2 rings (SSSR count). The van der Waals surface area contributed by atoms with Gasteiger partial charge in [0.25, 0.3) is 5.69 Å². The molecular formula is C14H13BrN2O7. The summed E-state index contributed by atoms with van der Waals surface area (Å²) in [7, 11) is 2.34. The summed E-state index contributed by atoms with van der Waals surface area (Å²) in [5.74, 6) is -1.53. The molecule has 0 spiro atoms. The summed E-state index contributed by atoms with van der Waals surface area (Å²) < 4.78 is 15.2. The number of carbonyl (C=O) groups is 2. The zero-order valence-electron chi connectivity index (χ0n) is 12.8. The fourth-order valence-electron chi connectivity index (χ4n) is 2.16. The highest BCUT2D eigenvalue weighted by molar-refractivity contribution is 9.10. The summed E-state index contributed by atoms with van der Waals surface area (Å²) in [6, 6.07) is 4.03. The highest BCUT2D eigenvalue weighted by Crippen LogP contribution is 2.35. The van der Waals surface area contributed by atoms with Crippen molar-refractivity contribution in [3.05, 3.63) is 44.1 Å². The van der Waals surface area contributed by atoms with Gasteiger partial charge in [-0.1, -0.05) is 0 Å². The predicted octanol–water partition coefficient (Wildman–Crippen LogP) is 1.75. The first-order chi connectivity index (χ1) is 11.4. The van der Waals surface area contributed by atoms with Gasteiger partial charge in [-0.05, 0) is 22.0 Å². The third kappa shape index (κ3) is 3.39. The van der Waals surface area contributed by atoms with Crippen LogP contribution in [0, 0.1) is 10.1 Å². The number of esters is 2. The van der Waals surface area contributed by atoms with Crippen LogP contribution in [-0.4, -0.2) is 44.4 Å². The monoisotopic (exact) mass is 400 g/mol. The Balaban J connectivity index is 2.63. The molecule has 0 atom stereocenters. The molecular weight excluding hydrogens is 388 g/mol. The Hall–Kier alpha value is -2.46. The highest BCUT2D eigenvalue weighted by Gasteiger charge is 2.33. The first-order valence-corrected chi connectivity index (χ1v) is 7.39. The van der Waals surface area contributed by atoms with Gasteiger partial charge in [-0.15, -0.1) is 0 Å². The first-order valence-electron chi connectivity index (χ1n) is 6.59. The third-order valence-electron chi connectivity index (χ3n) is 3.26. The van der Waals surface area contributed by atoms with E-state index in [1.807, 2.05) is 0 Å². The number of anilines is 1. The number of methoxy groups -OCH3 is 2. The van der Waals surface area contributed by atoms with Crippen molar-refractivity contribution in [3.8, 4) is 0 Å². The van der Waals surface area contributed by atoms with Gasteiger partial charge in [-0.2, -0.15) is 0 Å². The van der Waals surface area contributed by atoms with E-state index in [-0.39, 0.29) is 36.0 Å². The van der Waals surface area contributed by atoms with Gasteiger partial charge in [0.15, 0.2) is 0 Å². The Morgan fingerprint density at radius 2 is 1.96 bits per heavy atom. The maximum atomic E-state index is 12.2. The number of hydrogen-bond acceptors (Lipinski definition) is 8. The van der Waals surface area contributed by atoms with Crippen molar-refractivity contribution < 1.29 is 28.7 Å². The summed E-state index contributed by atoms with van der Waals surface area (Å²) in [5, 5.41) is 11.0. The van der Waals surface area contributed by atoms with Crippen LogP contribution in [0.25, 0.3) is 0 Å². The Kier molecular flexibility index (Phi) is 5.52. The topological polar surface area (TPSA) is 108 Å². The highest BCUT2D eigenvalue weighted by atomic mass is 79.9. The van der Waals surface area contributed by atoms with Crippen LogP contribution >= 0.6 is 15.9 Å². The molecule has 0 fully saturated rings. The van der Waals surface area contributed by atoms with Crippen LogP contribution < -0.4 is 4.90 Å². The Labute approximate surface area is 145 Å². The van der Waals surface area contributed by atoms with Crippen molar-refractivity contribution >= 4 is 39.2 Å². The Morgan fingerprint density at radius 1 is 1.29 bits per heavy atom. The van der Waals surface area contributed by atoms with Crippen LogP contribution in [0.5, 0.6) is 0 Å². The first kappa shape index (κ1) is 17.9. The van der Waals surface area contributed by atoms with Gasteiger partial charge in [0.2, 0.25) is 0 Å². The molecule has 24 heavy (non-hydrogen) atoms. The molecule has 0 saturated carbocycles. The maximum Gasteiger partial charge on any atom is 0.355 e. The van der Waals surface area contributed by atoms with Crippen LogP contribution in [0.3, 0.4) is 0 Å². The van der Waals surface area contributed by atoms with Gasteiger partial charge >= 0.3 is 11.9 Å². The molecule has 1 aromatic rings. The van der Waals surface area contributed by atoms with E-state index in [1.165, 1.54) is 37.3 Å². The van der Waals surface area contributed by atoms with E-state index >= 15 is 0 Å². The summed E-state index contributed by atoms with van der Waals surface area (Å²) in [6.07, 6.45) is 0. The lowest BCUT2D eigenvalue weighted by Gasteiger charge is -2.31. The summed E-state index contributed by atoms with van der Waals surface area (Å²) in [5.41, 5.74) is -0.0147. The van der Waals surface area contributed by atoms with E-state index in [9.17, 15) is 19.7 Å². The molecule has 0 bridgehead atoms. The fourth-order valence-corrected chi connectivity index (χ4v) is 2.62. The normalized spacial score (nSPS) is 14.4. The van der Waals surface area contributed by atoms with Gasteiger partial charge in [-0.3, -0.25) is 10.1 Å². The molecule has 0 saturated heterocycles. The number of carbonyl (C=O) groups excluding carboxylic acids is 2. The number of nitro groups is 1. The van der Waals surface area contributed by atoms with Crippen LogP contribution in [0.15, 0.2) is 33.9 Å². The molecule has 1 aromatic carbocycles. The van der Waals surface area contributed by atoms with Crippen molar-refractivity contribution in [2.45, 2.75) is 0 Å². The zero-order valence-corrected chi connectivity index (χ0v) is 14.4. The SMILES string of the molecule is COC(=O)C1=C(C(=O)OC)N(c2cc([N+](=O)[O-])ccc2Br)COC1. The van der Waals surface area contributed by atoms with Crippen molar-refractivity contribution in [3.63, 3.8) is 0 Å². The molecule has 1 aliphatic rings. The quantitative estimate of drug-likeness (QED) is 0.427. The van der Waals surface area contributed by atoms with Crippen LogP contribution in [0.2, 0.25) is 0 Å². The number of halogens is 1. The van der Waals surface area contributed by atoms with Crippen LogP contribution in [0.4, 0.5) is 11.4 Å². The molecule has 0 unspecified atom stereocenters. The van der Waals surface area contributed by atoms with Gasteiger partial charge in [0, 0.05) is 16.6 Å². The minimum absolute atomic E-state index is 0.0333. The van der Waals surface area contributed by atoms with E-state index < -0.39 is 16.9 Å². The number of nitrogens with zero attached hydrogens (tertiary/aromatic N) is 2. The van der Waals surface area contributed by atoms with Crippen molar-refractivity contribution in [1.29, 1.82) is 0 Å². The summed E-state index contributed by atoms with van der Waals surface area (Å²) in [6.45, 7) is -0.231. The summed E-state index contributed by atoms with van der Waals surface area (Å²) in [4.78, 5) is 35.8. The average molecular weight is 401 g/mol. The second kappa shape index (κ2) is 7.41. The predicted molar refractivity (Wildman–Crippen MR) is 85.2 cm³/mol. The number of rotatable bonds is 4. The number of benzene rings is 1. The van der Waals surface area contributed by atoms with E-state index in [4.69, 9.17) is 9.47 Å².